The topological polar surface area (TPSA) is 22.4 Å². The van der Waals surface area contributed by atoms with Crippen LogP contribution in [0.5, 0.6) is 5.75 Å². The minimum Gasteiger partial charge on any atom is -0.485 e. The lowest BCUT2D eigenvalue weighted by atomic mass is 10.2. The second kappa shape index (κ2) is 5.16. The summed E-state index contributed by atoms with van der Waals surface area (Å²) in [6, 6.07) is 14.2. The third-order valence-electron chi connectivity index (χ3n) is 3.04. The zero-order chi connectivity index (χ0) is 14.9. The summed E-state index contributed by atoms with van der Waals surface area (Å²) < 4.78 is 49.3. The maximum atomic E-state index is 12.8. The molecule has 0 bridgehead atoms. The average Bonchev–Trinajstić information content (AvgIpc) is 2.87. The second-order valence-corrected chi connectivity index (χ2v) is 4.53. The smallest absolute Gasteiger partial charge is 0.419 e. The molecule has 0 aliphatic carbocycles. The molecule has 3 rings (SSSR count). The molecule has 0 spiro atoms. The number of benzene rings is 2. The number of halogens is 3. The van der Waals surface area contributed by atoms with Crippen LogP contribution in [0.15, 0.2) is 59.0 Å². The SMILES string of the molecule is FC(F)(F)c1ccccc1OCc1cc2ccccc2o1. The number of rotatable bonds is 3. The van der Waals surface area contributed by atoms with Gasteiger partial charge in [0.15, 0.2) is 0 Å². The second-order valence-electron chi connectivity index (χ2n) is 4.53. The normalized spacial score (nSPS) is 11.8. The van der Waals surface area contributed by atoms with Gasteiger partial charge in [-0.05, 0) is 24.3 Å². The van der Waals surface area contributed by atoms with Crippen molar-refractivity contribution in [3.05, 3.63) is 65.9 Å². The number of ether oxygens (including phenoxy) is 1. The summed E-state index contributed by atoms with van der Waals surface area (Å²) in [7, 11) is 0. The quantitative estimate of drug-likeness (QED) is 0.675. The Labute approximate surface area is 118 Å². The predicted octanol–water partition coefficient (Wildman–Crippen LogP) is 5.03. The molecule has 0 radical (unpaired) electrons. The number of hydrogen-bond acceptors (Lipinski definition) is 2. The van der Waals surface area contributed by atoms with Gasteiger partial charge in [0.05, 0.1) is 5.56 Å². The van der Waals surface area contributed by atoms with Gasteiger partial charge in [0.25, 0.3) is 0 Å². The van der Waals surface area contributed by atoms with Crippen LogP contribution in [-0.2, 0) is 12.8 Å². The van der Waals surface area contributed by atoms with Crippen molar-refractivity contribution in [2.75, 3.05) is 0 Å². The fourth-order valence-electron chi connectivity index (χ4n) is 2.08. The molecule has 0 unspecified atom stereocenters. The first-order chi connectivity index (χ1) is 10.0. The highest BCUT2D eigenvalue weighted by Gasteiger charge is 2.34. The van der Waals surface area contributed by atoms with Gasteiger partial charge < -0.3 is 9.15 Å². The molecule has 0 N–H and O–H groups in total. The van der Waals surface area contributed by atoms with E-state index in [1.54, 1.807) is 12.1 Å². The van der Waals surface area contributed by atoms with E-state index in [9.17, 15) is 13.2 Å². The van der Waals surface area contributed by atoms with Crippen LogP contribution in [0, 0.1) is 0 Å². The van der Waals surface area contributed by atoms with Crippen molar-refractivity contribution in [3.8, 4) is 5.75 Å². The molecular weight excluding hydrogens is 281 g/mol. The van der Waals surface area contributed by atoms with Crippen LogP contribution >= 0.6 is 0 Å². The average molecular weight is 292 g/mol. The Balaban J connectivity index is 1.82. The molecule has 1 aromatic heterocycles. The standard InChI is InChI=1S/C16H11F3O2/c17-16(18,19)13-6-2-4-8-15(13)20-10-12-9-11-5-1-3-7-14(11)21-12/h1-9H,10H2. The first-order valence-corrected chi connectivity index (χ1v) is 6.30. The number of alkyl halides is 3. The van der Waals surface area contributed by atoms with Crippen LogP contribution < -0.4 is 4.74 Å². The van der Waals surface area contributed by atoms with Crippen molar-refractivity contribution >= 4 is 11.0 Å². The molecule has 5 heteroatoms. The zero-order valence-electron chi connectivity index (χ0n) is 10.9. The summed E-state index contributed by atoms with van der Waals surface area (Å²) in [5, 5.41) is 0.889. The molecule has 0 atom stereocenters. The molecule has 1 heterocycles. The van der Waals surface area contributed by atoms with E-state index in [4.69, 9.17) is 9.15 Å². The van der Waals surface area contributed by atoms with Gasteiger partial charge in [-0.1, -0.05) is 30.3 Å². The number of hydrogen-bond donors (Lipinski definition) is 0. The lowest BCUT2D eigenvalue weighted by molar-refractivity contribution is -0.139. The van der Waals surface area contributed by atoms with E-state index < -0.39 is 11.7 Å². The molecule has 0 fully saturated rings. The van der Waals surface area contributed by atoms with Crippen LogP contribution in [0.2, 0.25) is 0 Å². The highest BCUT2D eigenvalue weighted by molar-refractivity contribution is 5.77. The first-order valence-electron chi connectivity index (χ1n) is 6.30. The summed E-state index contributed by atoms with van der Waals surface area (Å²) in [5.41, 5.74) is -0.110. The van der Waals surface area contributed by atoms with Gasteiger partial charge >= 0.3 is 6.18 Å². The largest absolute Gasteiger partial charge is 0.485 e. The van der Waals surface area contributed by atoms with Gasteiger partial charge in [-0.15, -0.1) is 0 Å². The van der Waals surface area contributed by atoms with Gasteiger partial charge in [0.2, 0.25) is 0 Å². The summed E-state index contributed by atoms with van der Waals surface area (Å²) in [6.45, 7) is -0.0538. The molecule has 0 saturated heterocycles. The van der Waals surface area contributed by atoms with Crippen molar-refractivity contribution in [2.45, 2.75) is 12.8 Å². The van der Waals surface area contributed by atoms with E-state index in [1.807, 2.05) is 18.2 Å². The molecule has 2 aromatic carbocycles. The van der Waals surface area contributed by atoms with Crippen LogP contribution in [0.1, 0.15) is 11.3 Å². The van der Waals surface area contributed by atoms with E-state index in [2.05, 4.69) is 0 Å². The molecule has 21 heavy (non-hydrogen) atoms. The van der Waals surface area contributed by atoms with Gasteiger partial charge in [-0.25, -0.2) is 0 Å². The Hall–Kier alpha value is -2.43. The predicted molar refractivity (Wildman–Crippen MR) is 72.0 cm³/mol. The van der Waals surface area contributed by atoms with Crippen molar-refractivity contribution in [1.82, 2.24) is 0 Å². The first kappa shape index (κ1) is 13.5. The van der Waals surface area contributed by atoms with E-state index in [0.29, 0.717) is 11.3 Å². The summed E-state index contributed by atoms with van der Waals surface area (Å²) in [4.78, 5) is 0. The van der Waals surface area contributed by atoms with Crippen LogP contribution in [0.4, 0.5) is 13.2 Å². The zero-order valence-corrected chi connectivity index (χ0v) is 10.9. The fraction of sp³-hybridized carbons (Fsp3) is 0.125. The molecule has 0 amide bonds. The van der Waals surface area contributed by atoms with Gasteiger partial charge in [-0.3, -0.25) is 0 Å². The van der Waals surface area contributed by atoms with Gasteiger partial charge in [-0.2, -0.15) is 13.2 Å². The molecule has 108 valence electrons. The molecule has 2 nitrogen and oxygen atoms in total. The number of para-hydroxylation sites is 2. The minimum absolute atomic E-state index is 0.0538. The van der Waals surface area contributed by atoms with E-state index >= 15 is 0 Å². The van der Waals surface area contributed by atoms with Crippen molar-refractivity contribution < 1.29 is 22.3 Å². The van der Waals surface area contributed by atoms with E-state index in [-0.39, 0.29) is 12.4 Å². The van der Waals surface area contributed by atoms with Crippen molar-refractivity contribution in [3.63, 3.8) is 0 Å². The molecule has 0 aliphatic rings. The van der Waals surface area contributed by atoms with Gasteiger partial charge in [0.1, 0.15) is 23.7 Å². The highest BCUT2D eigenvalue weighted by atomic mass is 19.4. The minimum atomic E-state index is -4.44. The van der Waals surface area contributed by atoms with Crippen molar-refractivity contribution in [1.29, 1.82) is 0 Å². The molecule has 3 aromatic rings. The molecule has 0 saturated carbocycles. The van der Waals surface area contributed by atoms with E-state index in [0.717, 1.165) is 11.5 Å². The molecular formula is C16H11F3O2. The Kier molecular flexibility index (Phi) is 3.33. The summed E-state index contributed by atoms with van der Waals surface area (Å²) in [5.74, 6) is 0.277. The third kappa shape index (κ3) is 2.86. The maximum absolute atomic E-state index is 12.8. The molecule has 0 aliphatic heterocycles. The Bertz CT molecular complexity index is 726. The third-order valence-corrected chi connectivity index (χ3v) is 3.04. The Morgan fingerprint density at radius 1 is 0.952 bits per heavy atom. The lowest BCUT2D eigenvalue weighted by Gasteiger charge is -2.12. The van der Waals surface area contributed by atoms with Crippen LogP contribution in [0.25, 0.3) is 11.0 Å². The van der Waals surface area contributed by atoms with Crippen LogP contribution in [0.3, 0.4) is 0 Å². The highest BCUT2D eigenvalue weighted by Crippen LogP contribution is 2.36. The summed E-state index contributed by atoms with van der Waals surface area (Å²) >= 11 is 0. The maximum Gasteiger partial charge on any atom is 0.419 e. The Morgan fingerprint density at radius 2 is 1.67 bits per heavy atom. The van der Waals surface area contributed by atoms with E-state index in [1.165, 1.54) is 18.2 Å². The van der Waals surface area contributed by atoms with Crippen molar-refractivity contribution in [2.24, 2.45) is 0 Å². The Morgan fingerprint density at radius 3 is 2.43 bits per heavy atom. The number of fused-ring (bicyclic) bond motifs is 1. The number of furan rings is 1. The summed E-state index contributed by atoms with van der Waals surface area (Å²) in [6.07, 6.45) is -4.44. The fourth-order valence-corrected chi connectivity index (χ4v) is 2.08. The van der Waals surface area contributed by atoms with Crippen LogP contribution in [-0.4, -0.2) is 0 Å². The monoisotopic (exact) mass is 292 g/mol. The lowest BCUT2D eigenvalue weighted by Crippen LogP contribution is -2.08. The van der Waals surface area contributed by atoms with Gasteiger partial charge in [0, 0.05) is 5.39 Å².